The molecule has 0 saturated carbocycles. The molecule has 2 fully saturated rings. The molecule has 1 aromatic carbocycles. The SMILES string of the molecule is O=C(CCC(=S)N1CCN2CCCC2C1)c1ccccc1. The Bertz CT molecular complexity index is 517. The molecule has 0 bridgehead atoms. The summed E-state index contributed by atoms with van der Waals surface area (Å²) in [5, 5.41) is 0. The van der Waals surface area contributed by atoms with Crippen LogP contribution in [0.3, 0.4) is 0 Å². The molecular formula is C17H22N2OS. The highest BCUT2D eigenvalue weighted by Gasteiger charge is 2.31. The van der Waals surface area contributed by atoms with E-state index in [4.69, 9.17) is 12.2 Å². The molecule has 0 aromatic heterocycles. The second-order valence-electron chi connectivity index (χ2n) is 5.96. The Morgan fingerprint density at radius 2 is 1.95 bits per heavy atom. The first kappa shape index (κ1) is 14.7. The van der Waals surface area contributed by atoms with Crippen LogP contribution in [0.1, 0.15) is 36.0 Å². The van der Waals surface area contributed by atoms with Crippen molar-refractivity contribution < 1.29 is 4.79 Å². The Morgan fingerprint density at radius 1 is 1.14 bits per heavy atom. The van der Waals surface area contributed by atoms with E-state index in [0.717, 1.165) is 30.2 Å². The quantitative estimate of drug-likeness (QED) is 0.630. The predicted octanol–water partition coefficient (Wildman–Crippen LogP) is 2.76. The molecule has 0 amide bonds. The van der Waals surface area contributed by atoms with Crippen LogP contribution in [0.15, 0.2) is 30.3 Å². The summed E-state index contributed by atoms with van der Waals surface area (Å²) in [7, 11) is 0. The van der Waals surface area contributed by atoms with E-state index in [9.17, 15) is 4.79 Å². The van der Waals surface area contributed by atoms with Gasteiger partial charge in [0, 0.05) is 44.1 Å². The first-order valence-electron chi connectivity index (χ1n) is 7.84. The number of carbonyl (C=O) groups excluding carboxylic acids is 1. The summed E-state index contributed by atoms with van der Waals surface area (Å²) in [6, 6.07) is 10.2. The van der Waals surface area contributed by atoms with Crippen molar-refractivity contribution in [3.8, 4) is 0 Å². The van der Waals surface area contributed by atoms with Crippen LogP contribution in [-0.2, 0) is 0 Å². The number of ketones is 1. The Hall–Kier alpha value is -1.26. The molecule has 3 nitrogen and oxygen atoms in total. The van der Waals surface area contributed by atoms with E-state index in [-0.39, 0.29) is 5.78 Å². The van der Waals surface area contributed by atoms with Crippen molar-refractivity contribution in [2.75, 3.05) is 26.2 Å². The van der Waals surface area contributed by atoms with Gasteiger partial charge in [-0.3, -0.25) is 9.69 Å². The number of hydrogen-bond donors (Lipinski definition) is 0. The van der Waals surface area contributed by atoms with E-state index in [1.54, 1.807) is 0 Å². The van der Waals surface area contributed by atoms with E-state index in [1.165, 1.54) is 19.4 Å². The second-order valence-corrected chi connectivity index (χ2v) is 6.43. The van der Waals surface area contributed by atoms with Crippen molar-refractivity contribution >= 4 is 23.0 Å². The first-order valence-corrected chi connectivity index (χ1v) is 8.25. The van der Waals surface area contributed by atoms with E-state index in [2.05, 4.69) is 9.80 Å². The Kier molecular flexibility index (Phi) is 4.66. The minimum absolute atomic E-state index is 0.192. The maximum Gasteiger partial charge on any atom is 0.163 e. The third-order valence-corrected chi connectivity index (χ3v) is 5.06. The summed E-state index contributed by atoms with van der Waals surface area (Å²) in [6.45, 7) is 4.45. The summed E-state index contributed by atoms with van der Waals surface area (Å²) >= 11 is 5.56. The highest BCUT2D eigenvalue weighted by molar-refractivity contribution is 7.80. The third-order valence-electron chi connectivity index (χ3n) is 4.60. The molecule has 2 heterocycles. The zero-order valence-electron chi connectivity index (χ0n) is 12.3. The molecule has 3 rings (SSSR count). The molecule has 0 aliphatic carbocycles. The maximum absolute atomic E-state index is 12.1. The first-order chi connectivity index (χ1) is 10.2. The number of rotatable bonds is 4. The van der Waals surface area contributed by atoms with Crippen LogP contribution in [0.4, 0.5) is 0 Å². The monoisotopic (exact) mass is 302 g/mol. The summed E-state index contributed by atoms with van der Waals surface area (Å²) < 4.78 is 0. The average molecular weight is 302 g/mol. The van der Waals surface area contributed by atoms with Crippen LogP contribution in [-0.4, -0.2) is 52.8 Å². The number of piperazine rings is 1. The molecule has 21 heavy (non-hydrogen) atoms. The van der Waals surface area contributed by atoms with Gasteiger partial charge in [0.2, 0.25) is 0 Å². The fourth-order valence-electron chi connectivity index (χ4n) is 3.36. The molecule has 0 N–H and O–H groups in total. The van der Waals surface area contributed by atoms with Gasteiger partial charge < -0.3 is 4.90 Å². The standard InChI is InChI=1S/C17H22N2OS/c20-16(14-5-2-1-3-6-14)8-9-17(21)19-12-11-18-10-4-7-15(18)13-19/h1-3,5-6,15H,4,7-13H2. The van der Waals surface area contributed by atoms with Crippen molar-refractivity contribution in [1.29, 1.82) is 0 Å². The zero-order valence-corrected chi connectivity index (χ0v) is 13.1. The summed E-state index contributed by atoms with van der Waals surface area (Å²) in [4.78, 5) is 18.0. The second kappa shape index (κ2) is 6.67. The fourth-order valence-corrected chi connectivity index (χ4v) is 3.63. The molecule has 2 aliphatic heterocycles. The average Bonchev–Trinajstić information content (AvgIpc) is 3.00. The van der Waals surface area contributed by atoms with Crippen LogP contribution in [0, 0.1) is 0 Å². The summed E-state index contributed by atoms with van der Waals surface area (Å²) in [5.41, 5.74) is 0.793. The van der Waals surface area contributed by atoms with Gasteiger partial charge in [-0.1, -0.05) is 42.5 Å². The van der Waals surface area contributed by atoms with Gasteiger partial charge in [0.05, 0.1) is 4.99 Å². The number of benzene rings is 1. The van der Waals surface area contributed by atoms with Crippen LogP contribution in [0.25, 0.3) is 0 Å². The van der Waals surface area contributed by atoms with Gasteiger partial charge in [0.15, 0.2) is 5.78 Å². The van der Waals surface area contributed by atoms with Crippen molar-refractivity contribution in [1.82, 2.24) is 9.80 Å². The topological polar surface area (TPSA) is 23.6 Å². The lowest BCUT2D eigenvalue weighted by molar-refractivity contribution is 0.0983. The van der Waals surface area contributed by atoms with Gasteiger partial charge in [-0.25, -0.2) is 0 Å². The third kappa shape index (κ3) is 3.50. The van der Waals surface area contributed by atoms with E-state index < -0.39 is 0 Å². The number of carbonyl (C=O) groups is 1. The molecule has 112 valence electrons. The highest BCUT2D eigenvalue weighted by atomic mass is 32.1. The number of Topliss-reactive ketones (excluding diaryl/α,β-unsaturated/α-hetero) is 1. The van der Waals surface area contributed by atoms with E-state index >= 15 is 0 Å². The van der Waals surface area contributed by atoms with Crippen LogP contribution in [0.2, 0.25) is 0 Å². The van der Waals surface area contributed by atoms with Crippen molar-refractivity contribution in [3.05, 3.63) is 35.9 Å². The van der Waals surface area contributed by atoms with Crippen LogP contribution < -0.4 is 0 Å². The molecular weight excluding hydrogens is 280 g/mol. The Labute approximate surface area is 131 Å². The number of nitrogens with zero attached hydrogens (tertiary/aromatic N) is 2. The normalized spacial score (nSPS) is 22.1. The van der Waals surface area contributed by atoms with Crippen molar-refractivity contribution in [2.24, 2.45) is 0 Å². The number of thiocarbonyl (C=S) groups is 1. The summed E-state index contributed by atoms with van der Waals surface area (Å²) in [6.07, 6.45) is 3.84. The van der Waals surface area contributed by atoms with Gasteiger partial charge in [0.1, 0.15) is 0 Å². The fraction of sp³-hybridized carbons (Fsp3) is 0.529. The van der Waals surface area contributed by atoms with Crippen molar-refractivity contribution in [2.45, 2.75) is 31.7 Å². The Morgan fingerprint density at radius 3 is 2.76 bits per heavy atom. The molecule has 4 heteroatoms. The Balaban J connectivity index is 1.49. The summed E-state index contributed by atoms with van der Waals surface area (Å²) in [5.74, 6) is 0.192. The van der Waals surface area contributed by atoms with Gasteiger partial charge in [-0.15, -0.1) is 0 Å². The van der Waals surface area contributed by atoms with Crippen molar-refractivity contribution in [3.63, 3.8) is 0 Å². The lowest BCUT2D eigenvalue weighted by Gasteiger charge is -2.38. The molecule has 1 unspecified atom stereocenters. The number of fused-ring (bicyclic) bond motifs is 1. The van der Waals surface area contributed by atoms with Gasteiger partial charge >= 0.3 is 0 Å². The van der Waals surface area contributed by atoms with E-state index in [0.29, 0.717) is 18.9 Å². The molecule has 0 radical (unpaired) electrons. The minimum atomic E-state index is 0.192. The lowest BCUT2D eigenvalue weighted by atomic mass is 10.1. The van der Waals surface area contributed by atoms with Gasteiger partial charge in [0.25, 0.3) is 0 Å². The number of hydrogen-bond acceptors (Lipinski definition) is 3. The molecule has 0 spiro atoms. The van der Waals surface area contributed by atoms with Gasteiger partial charge in [-0.05, 0) is 19.4 Å². The maximum atomic E-state index is 12.1. The smallest absolute Gasteiger partial charge is 0.163 e. The predicted molar refractivity (Wildman–Crippen MR) is 88.8 cm³/mol. The lowest BCUT2D eigenvalue weighted by Crippen LogP contribution is -2.51. The molecule has 1 atom stereocenters. The molecule has 2 aliphatic rings. The van der Waals surface area contributed by atoms with Crippen LogP contribution in [0.5, 0.6) is 0 Å². The zero-order chi connectivity index (χ0) is 14.7. The molecule has 2 saturated heterocycles. The largest absolute Gasteiger partial charge is 0.363 e. The van der Waals surface area contributed by atoms with Crippen LogP contribution >= 0.6 is 12.2 Å². The van der Waals surface area contributed by atoms with Gasteiger partial charge in [-0.2, -0.15) is 0 Å². The highest BCUT2D eigenvalue weighted by Crippen LogP contribution is 2.22. The molecule has 1 aromatic rings. The minimum Gasteiger partial charge on any atom is -0.363 e. The van der Waals surface area contributed by atoms with E-state index in [1.807, 2.05) is 30.3 Å².